The summed E-state index contributed by atoms with van der Waals surface area (Å²) in [4.78, 5) is 23.9. The van der Waals surface area contributed by atoms with Crippen LogP contribution in [0.25, 0.3) is 0 Å². The van der Waals surface area contributed by atoms with Gasteiger partial charge in [0.1, 0.15) is 0 Å². The molecule has 1 fully saturated rings. The maximum absolute atomic E-state index is 11.0. The number of hydrogen-bond donors (Lipinski definition) is 1. The zero-order chi connectivity index (χ0) is 15.4. The highest BCUT2D eigenvalue weighted by Crippen LogP contribution is 2.24. The molecule has 1 aliphatic heterocycles. The van der Waals surface area contributed by atoms with Gasteiger partial charge in [-0.25, -0.2) is 0 Å². The second-order valence-electron chi connectivity index (χ2n) is 5.79. The highest BCUT2D eigenvalue weighted by atomic mass is 16.6. The van der Waals surface area contributed by atoms with Gasteiger partial charge in [-0.2, -0.15) is 0 Å². The molecule has 1 aromatic carbocycles. The predicted octanol–water partition coefficient (Wildman–Crippen LogP) is 1.99. The quantitative estimate of drug-likeness (QED) is 0.663. The number of nitrogens with two attached hydrogens (primary N) is 1. The average Bonchev–Trinajstić information content (AvgIpc) is 2.40. The van der Waals surface area contributed by atoms with Gasteiger partial charge in [0.15, 0.2) is 0 Å². The van der Waals surface area contributed by atoms with Crippen LogP contribution in [0.4, 0.5) is 5.69 Å². The number of piperidine rings is 1. The Labute approximate surface area is 124 Å². The minimum atomic E-state index is -0.342. The van der Waals surface area contributed by atoms with Gasteiger partial charge in [0.05, 0.1) is 4.92 Å². The fraction of sp³-hybridized carbons (Fsp3) is 0.533. The lowest BCUT2D eigenvalue weighted by molar-refractivity contribution is -0.385. The van der Waals surface area contributed by atoms with Gasteiger partial charge < -0.3 is 5.73 Å². The standard InChI is InChI=1S/C15H21N3O3/c1-11-4-5-13(7-14(11)18(20)21)10-17-6-2-3-12(9-17)8-15(16)19/h4-5,7,12H,2-3,6,8-10H2,1H3,(H2,16,19)/t12-/m0/s1. The topological polar surface area (TPSA) is 89.5 Å². The van der Waals surface area contributed by atoms with Crippen LogP contribution in [0.2, 0.25) is 0 Å². The third-order valence-electron chi connectivity index (χ3n) is 3.97. The van der Waals surface area contributed by atoms with Crippen LogP contribution >= 0.6 is 0 Å². The van der Waals surface area contributed by atoms with Crippen LogP contribution in [-0.2, 0) is 11.3 Å². The van der Waals surface area contributed by atoms with Crippen molar-refractivity contribution in [2.24, 2.45) is 11.7 Å². The van der Waals surface area contributed by atoms with Gasteiger partial charge in [0.2, 0.25) is 5.91 Å². The number of nitro groups is 1. The minimum Gasteiger partial charge on any atom is -0.370 e. The molecule has 0 radical (unpaired) electrons. The molecule has 21 heavy (non-hydrogen) atoms. The highest BCUT2D eigenvalue weighted by Gasteiger charge is 2.22. The number of hydrogen-bond acceptors (Lipinski definition) is 4. The van der Waals surface area contributed by atoms with Crippen molar-refractivity contribution in [2.75, 3.05) is 13.1 Å². The molecule has 0 aliphatic carbocycles. The molecule has 2 N–H and O–H groups in total. The maximum atomic E-state index is 11.0. The van der Waals surface area contributed by atoms with Crippen molar-refractivity contribution in [3.05, 3.63) is 39.4 Å². The molecule has 0 bridgehead atoms. The monoisotopic (exact) mass is 291 g/mol. The van der Waals surface area contributed by atoms with E-state index in [0.717, 1.165) is 31.5 Å². The Balaban J connectivity index is 2.02. The Morgan fingerprint density at radius 3 is 2.95 bits per heavy atom. The molecule has 2 rings (SSSR count). The van der Waals surface area contributed by atoms with E-state index in [1.165, 1.54) is 0 Å². The number of nitro benzene ring substituents is 1. The first-order chi connectivity index (χ1) is 9.95. The smallest absolute Gasteiger partial charge is 0.272 e. The van der Waals surface area contributed by atoms with E-state index in [1.807, 2.05) is 6.07 Å². The Morgan fingerprint density at radius 2 is 2.29 bits per heavy atom. The number of carbonyl (C=O) groups is 1. The highest BCUT2D eigenvalue weighted by molar-refractivity contribution is 5.74. The number of primary amides is 1. The van der Waals surface area contributed by atoms with Crippen LogP contribution in [0.5, 0.6) is 0 Å². The molecule has 0 aromatic heterocycles. The van der Waals surface area contributed by atoms with Crippen molar-refractivity contribution in [3.63, 3.8) is 0 Å². The largest absolute Gasteiger partial charge is 0.370 e. The fourth-order valence-corrected chi connectivity index (χ4v) is 2.95. The van der Waals surface area contributed by atoms with Crippen molar-refractivity contribution >= 4 is 11.6 Å². The minimum absolute atomic E-state index is 0.165. The lowest BCUT2D eigenvalue weighted by Crippen LogP contribution is -2.36. The van der Waals surface area contributed by atoms with E-state index >= 15 is 0 Å². The molecule has 1 aromatic rings. The normalized spacial score (nSPS) is 19.4. The third-order valence-corrected chi connectivity index (χ3v) is 3.97. The van der Waals surface area contributed by atoms with E-state index in [1.54, 1.807) is 19.1 Å². The summed E-state index contributed by atoms with van der Waals surface area (Å²) in [7, 11) is 0. The first-order valence-corrected chi connectivity index (χ1v) is 7.20. The Hall–Kier alpha value is -1.95. The summed E-state index contributed by atoms with van der Waals surface area (Å²) in [6.07, 6.45) is 2.48. The summed E-state index contributed by atoms with van der Waals surface area (Å²) in [5.74, 6) is 0.0458. The number of aryl methyl sites for hydroxylation is 1. The van der Waals surface area contributed by atoms with Gasteiger partial charge in [-0.05, 0) is 37.8 Å². The molecule has 6 nitrogen and oxygen atoms in total. The van der Waals surface area contributed by atoms with Crippen LogP contribution in [0.1, 0.15) is 30.4 Å². The van der Waals surface area contributed by atoms with E-state index in [2.05, 4.69) is 4.90 Å². The average molecular weight is 291 g/mol. The first-order valence-electron chi connectivity index (χ1n) is 7.20. The Bertz CT molecular complexity index is 545. The summed E-state index contributed by atoms with van der Waals surface area (Å²) < 4.78 is 0. The van der Waals surface area contributed by atoms with E-state index in [0.29, 0.717) is 24.4 Å². The van der Waals surface area contributed by atoms with E-state index in [9.17, 15) is 14.9 Å². The molecule has 1 heterocycles. The molecular formula is C15H21N3O3. The molecule has 0 unspecified atom stereocenters. The number of likely N-dealkylation sites (tertiary alicyclic amines) is 1. The molecule has 114 valence electrons. The molecule has 6 heteroatoms. The van der Waals surface area contributed by atoms with Gasteiger partial charge in [-0.1, -0.05) is 12.1 Å². The lowest BCUT2D eigenvalue weighted by atomic mass is 9.94. The fourth-order valence-electron chi connectivity index (χ4n) is 2.95. The van der Waals surface area contributed by atoms with Gasteiger partial charge >= 0.3 is 0 Å². The van der Waals surface area contributed by atoms with Crippen molar-refractivity contribution in [1.29, 1.82) is 0 Å². The van der Waals surface area contributed by atoms with Crippen molar-refractivity contribution < 1.29 is 9.72 Å². The summed E-state index contributed by atoms with van der Waals surface area (Å²) in [5, 5.41) is 11.0. The molecule has 1 amide bonds. The van der Waals surface area contributed by atoms with Crippen LogP contribution in [0.15, 0.2) is 18.2 Å². The first kappa shape index (κ1) is 15.4. The van der Waals surface area contributed by atoms with Crippen LogP contribution < -0.4 is 5.73 Å². The Kier molecular flexibility index (Phi) is 4.90. The molecular weight excluding hydrogens is 270 g/mol. The summed E-state index contributed by atoms with van der Waals surface area (Å²) in [6.45, 7) is 4.20. The number of carbonyl (C=O) groups excluding carboxylic acids is 1. The molecule has 0 saturated carbocycles. The van der Waals surface area contributed by atoms with E-state index in [4.69, 9.17) is 5.73 Å². The zero-order valence-electron chi connectivity index (χ0n) is 12.2. The Morgan fingerprint density at radius 1 is 1.52 bits per heavy atom. The van der Waals surface area contributed by atoms with Crippen LogP contribution in [0.3, 0.4) is 0 Å². The number of nitrogens with zero attached hydrogens (tertiary/aromatic N) is 2. The van der Waals surface area contributed by atoms with Gasteiger partial charge in [-0.15, -0.1) is 0 Å². The maximum Gasteiger partial charge on any atom is 0.272 e. The van der Waals surface area contributed by atoms with Crippen LogP contribution in [0, 0.1) is 23.0 Å². The number of benzene rings is 1. The van der Waals surface area contributed by atoms with Crippen molar-refractivity contribution in [3.8, 4) is 0 Å². The SMILES string of the molecule is Cc1ccc(CN2CCC[C@@H](CC(N)=O)C2)cc1[N+](=O)[O-]. The van der Waals surface area contributed by atoms with Gasteiger partial charge in [-0.3, -0.25) is 19.8 Å². The van der Waals surface area contributed by atoms with E-state index in [-0.39, 0.29) is 16.5 Å². The van der Waals surface area contributed by atoms with Crippen molar-refractivity contribution in [1.82, 2.24) is 4.90 Å². The molecule has 1 aliphatic rings. The van der Waals surface area contributed by atoms with Crippen molar-refractivity contribution in [2.45, 2.75) is 32.7 Å². The lowest BCUT2D eigenvalue weighted by Gasteiger charge is -2.32. The predicted molar refractivity (Wildman–Crippen MR) is 79.6 cm³/mol. The summed E-state index contributed by atoms with van der Waals surface area (Å²) in [5.41, 5.74) is 7.04. The van der Waals surface area contributed by atoms with E-state index < -0.39 is 0 Å². The molecule has 1 saturated heterocycles. The third kappa shape index (κ3) is 4.26. The summed E-state index contributed by atoms with van der Waals surface area (Å²) in [6, 6.07) is 5.37. The molecule has 1 atom stereocenters. The van der Waals surface area contributed by atoms with Gasteiger partial charge in [0.25, 0.3) is 5.69 Å². The summed E-state index contributed by atoms with van der Waals surface area (Å²) >= 11 is 0. The second kappa shape index (κ2) is 6.67. The second-order valence-corrected chi connectivity index (χ2v) is 5.79. The zero-order valence-corrected chi connectivity index (χ0v) is 12.2. The molecule has 0 spiro atoms. The van der Waals surface area contributed by atoms with Crippen LogP contribution in [-0.4, -0.2) is 28.8 Å². The number of amides is 1. The van der Waals surface area contributed by atoms with Gasteiger partial charge in [0, 0.05) is 31.1 Å². The number of rotatable bonds is 5.